The van der Waals surface area contributed by atoms with Crippen LogP contribution in [0.2, 0.25) is 0 Å². The fraction of sp³-hybridized carbons (Fsp3) is 0.350. The van der Waals surface area contributed by atoms with E-state index in [1.807, 2.05) is 43.3 Å². The van der Waals surface area contributed by atoms with E-state index in [0.717, 1.165) is 17.7 Å². The summed E-state index contributed by atoms with van der Waals surface area (Å²) < 4.78 is 5.66. The Morgan fingerprint density at radius 2 is 1.70 bits per heavy atom. The fourth-order valence-electron chi connectivity index (χ4n) is 2.11. The van der Waals surface area contributed by atoms with Gasteiger partial charge >= 0.3 is 0 Å². The van der Waals surface area contributed by atoms with Crippen molar-refractivity contribution in [1.29, 1.82) is 0 Å². The normalized spacial score (nSPS) is 10.6. The molecule has 0 aliphatic carbocycles. The van der Waals surface area contributed by atoms with Crippen molar-refractivity contribution in [2.45, 2.75) is 33.7 Å². The molecule has 0 aliphatic rings. The molecule has 0 bridgehead atoms. The van der Waals surface area contributed by atoms with Crippen LogP contribution in [0, 0.1) is 12.8 Å². The summed E-state index contributed by atoms with van der Waals surface area (Å²) in [7, 11) is 0. The minimum atomic E-state index is -0.0701. The highest BCUT2D eigenvalue weighted by Crippen LogP contribution is 2.13. The molecule has 3 nitrogen and oxygen atoms in total. The topological polar surface area (TPSA) is 38.3 Å². The van der Waals surface area contributed by atoms with Crippen LogP contribution in [0.25, 0.3) is 0 Å². The number of carbonyl (C=O) groups excluding carboxylic acids is 1. The maximum atomic E-state index is 12.1. The Hall–Kier alpha value is -2.29. The molecule has 122 valence electrons. The van der Waals surface area contributed by atoms with Gasteiger partial charge in [-0.25, -0.2) is 0 Å². The second-order valence-electron chi connectivity index (χ2n) is 6.22. The third kappa shape index (κ3) is 5.78. The van der Waals surface area contributed by atoms with Crippen molar-refractivity contribution in [2.24, 2.45) is 5.92 Å². The van der Waals surface area contributed by atoms with Crippen molar-refractivity contribution < 1.29 is 9.53 Å². The maximum Gasteiger partial charge on any atom is 0.251 e. The largest absolute Gasteiger partial charge is 0.494 e. The number of hydrogen-bond acceptors (Lipinski definition) is 2. The zero-order chi connectivity index (χ0) is 16.7. The Balaban J connectivity index is 1.83. The molecule has 0 fully saturated rings. The van der Waals surface area contributed by atoms with Gasteiger partial charge in [-0.2, -0.15) is 0 Å². The predicted molar refractivity (Wildman–Crippen MR) is 93.7 cm³/mol. The van der Waals surface area contributed by atoms with Gasteiger partial charge in [-0.3, -0.25) is 4.79 Å². The lowest BCUT2D eigenvalue weighted by Gasteiger charge is -2.09. The summed E-state index contributed by atoms with van der Waals surface area (Å²) in [5.41, 5.74) is 2.96. The number of ether oxygens (including phenoxy) is 1. The Bertz CT molecular complexity index is 615. The first-order valence-corrected chi connectivity index (χ1v) is 8.11. The van der Waals surface area contributed by atoms with Gasteiger partial charge < -0.3 is 10.1 Å². The van der Waals surface area contributed by atoms with E-state index < -0.39 is 0 Å². The first kappa shape index (κ1) is 17.1. The average molecular weight is 311 g/mol. The Morgan fingerprint density at radius 3 is 2.30 bits per heavy atom. The average Bonchev–Trinajstić information content (AvgIpc) is 2.54. The molecule has 1 N–H and O–H groups in total. The fourth-order valence-corrected chi connectivity index (χ4v) is 2.11. The lowest BCUT2D eigenvalue weighted by Crippen LogP contribution is -2.22. The number of benzene rings is 2. The Labute approximate surface area is 138 Å². The summed E-state index contributed by atoms with van der Waals surface area (Å²) in [6, 6.07) is 15.4. The van der Waals surface area contributed by atoms with Crippen LogP contribution in [0.5, 0.6) is 5.75 Å². The SMILES string of the molecule is Cc1ccc(CNC(=O)c2ccc(OCCC(C)C)cc2)cc1. The van der Waals surface area contributed by atoms with E-state index in [1.165, 1.54) is 5.56 Å². The number of rotatable bonds is 7. The van der Waals surface area contributed by atoms with Gasteiger partial charge in [0.2, 0.25) is 0 Å². The van der Waals surface area contributed by atoms with Gasteiger partial charge in [-0.05, 0) is 49.1 Å². The zero-order valence-corrected chi connectivity index (χ0v) is 14.1. The van der Waals surface area contributed by atoms with Crippen LogP contribution in [0.4, 0.5) is 0 Å². The quantitative estimate of drug-likeness (QED) is 0.825. The summed E-state index contributed by atoms with van der Waals surface area (Å²) >= 11 is 0. The minimum absolute atomic E-state index is 0.0701. The third-order valence-electron chi connectivity index (χ3n) is 3.65. The Kier molecular flexibility index (Phi) is 6.21. The van der Waals surface area contributed by atoms with Gasteiger partial charge in [0.15, 0.2) is 0 Å². The second kappa shape index (κ2) is 8.37. The second-order valence-corrected chi connectivity index (χ2v) is 6.22. The van der Waals surface area contributed by atoms with Crippen LogP contribution in [0.1, 0.15) is 41.8 Å². The monoisotopic (exact) mass is 311 g/mol. The molecule has 0 atom stereocenters. The molecule has 1 amide bonds. The molecule has 0 aromatic heterocycles. The Morgan fingerprint density at radius 1 is 1.04 bits per heavy atom. The minimum Gasteiger partial charge on any atom is -0.494 e. The van der Waals surface area contributed by atoms with E-state index in [2.05, 4.69) is 19.2 Å². The molecule has 0 saturated carbocycles. The highest BCUT2D eigenvalue weighted by Gasteiger charge is 2.05. The van der Waals surface area contributed by atoms with E-state index >= 15 is 0 Å². The molecule has 2 aromatic carbocycles. The van der Waals surface area contributed by atoms with Crippen molar-refractivity contribution in [2.75, 3.05) is 6.61 Å². The summed E-state index contributed by atoms with van der Waals surface area (Å²) in [5.74, 6) is 1.36. The summed E-state index contributed by atoms with van der Waals surface area (Å²) in [5, 5.41) is 2.93. The van der Waals surface area contributed by atoms with Gasteiger partial charge in [0, 0.05) is 12.1 Å². The van der Waals surface area contributed by atoms with Gasteiger partial charge in [-0.15, -0.1) is 0 Å². The predicted octanol–water partition coefficient (Wildman–Crippen LogP) is 4.35. The first-order chi connectivity index (χ1) is 11.0. The van der Waals surface area contributed by atoms with Crippen molar-refractivity contribution in [3.8, 4) is 5.75 Å². The molecule has 0 heterocycles. The van der Waals surface area contributed by atoms with E-state index in [0.29, 0.717) is 24.6 Å². The highest BCUT2D eigenvalue weighted by molar-refractivity contribution is 5.94. The standard InChI is InChI=1S/C20H25NO2/c1-15(2)12-13-23-19-10-8-18(9-11-19)20(22)21-14-17-6-4-16(3)5-7-17/h4-11,15H,12-14H2,1-3H3,(H,21,22). The highest BCUT2D eigenvalue weighted by atomic mass is 16.5. The van der Waals surface area contributed by atoms with Crippen molar-refractivity contribution in [3.05, 3.63) is 65.2 Å². The van der Waals surface area contributed by atoms with E-state index in [9.17, 15) is 4.79 Å². The van der Waals surface area contributed by atoms with Gasteiger partial charge in [0.1, 0.15) is 5.75 Å². The summed E-state index contributed by atoms with van der Waals surface area (Å²) in [6.45, 7) is 7.63. The number of nitrogens with one attached hydrogen (secondary N) is 1. The van der Waals surface area contributed by atoms with Crippen LogP contribution < -0.4 is 10.1 Å². The van der Waals surface area contributed by atoms with E-state index in [-0.39, 0.29) is 5.91 Å². The van der Waals surface area contributed by atoms with Gasteiger partial charge in [-0.1, -0.05) is 43.7 Å². The number of carbonyl (C=O) groups is 1. The van der Waals surface area contributed by atoms with E-state index in [4.69, 9.17) is 4.74 Å². The first-order valence-electron chi connectivity index (χ1n) is 8.11. The van der Waals surface area contributed by atoms with E-state index in [1.54, 1.807) is 12.1 Å². The molecule has 3 heteroatoms. The summed E-state index contributed by atoms with van der Waals surface area (Å²) in [6.07, 6.45) is 1.03. The molecule has 0 aliphatic heterocycles. The van der Waals surface area contributed by atoms with Crippen LogP contribution in [0.15, 0.2) is 48.5 Å². The van der Waals surface area contributed by atoms with Crippen molar-refractivity contribution >= 4 is 5.91 Å². The summed E-state index contributed by atoms with van der Waals surface area (Å²) in [4.78, 5) is 12.1. The lowest BCUT2D eigenvalue weighted by atomic mass is 10.1. The zero-order valence-electron chi connectivity index (χ0n) is 14.1. The molecule has 2 aromatic rings. The molecule has 23 heavy (non-hydrogen) atoms. The van der Waals surface area contributed by atoms with Crippen LogP contribution >= 0.6 is 0 Å². The van der Waals surface area contributed by atoms with Gasteiger partial charge in [0.05, 0.1) is 6.61 Å². The van der Waals surface area contributed by atoms with Gasteiger partial charge in [0.25, 0.3) is 5.91 Å². The number of amides is 1. The molecule has 0 radical (unpaired) electrons. The number of aryl methyl sites for hydroxylation is 1. The molecule has 0 spiro atoms. The van der Waals surface area contributed by atoms with Crippen LogP contribution in [-0.2, 0) is 6.54 Å². The van der Waals surface area contributed by atoms with Crippen LogP contribution in [0.3, 0.4) is 0 Å². The third-order valence-corrected chi connectivity index (χ3v) is 3.65. The molecular formula is C20H25NO2. The molecule has 0 unspecified atom stereocenters. The lowest BCUT2D eigenvalue weighted by molar-refractivity contribution is 0.0951. The molecular weight excluding hydrogens is 286 g/mol. The van der Waals surface area contributed by atoms with Crippen LogP contribution in [-0.4, -0.2) is 12.5 Å². The maximum absolute atomic E-state index is 12.1. The smallest absolute Gasteiger partial charge is 0.251 e. The van der Waals surface area contributed by atoms with Crippen molar-refractivity contribution in [1.82, 2.24) is 5.32 Å². The van der Waals surface area contributed by atoms with Crippen molar-refractivity contribution in [3.63, 3.8) is 0 Å². The molecule has 2 rings (SSSR count). The number of hydrogen-bond donors (Lipinski definition) is 1. The molecule has 0 saturated heterocycles.